The highest BCUT2D eigenvalue weighted by molar-refractivity contribution is 6.80. The van der Waals surface area contributed by atoms with Crippen LogP contribution in [0.5, 0.6) is 0 Å². The van der Waals surface area contributed by atoms with Crippen LogP contribution in [0.15, 0.2) is 78.5 Å². The standard InChI is InChI=1S/C21H24OSi/c1-5-19(17-12-8-6-9-13-17)20-16-21(2,22-23(20,3)4)18-14-10-7-11-15-18/h5-15H,1,16H2,2-4H3/b20-19+. The number of benzene rings is 2. The fraction of sp³-hybridized carbons (Fsp3) is 0.238. The summed E-state index contributed by atoms with van der Waals surface area (Å²) in [7, 11) is -1.95. The average molecular weight is 321 g/mol. The lowest BCUT2D eigenvalue weighted by Crippen LogP contribution is -2.32. The highest BCUT2D eigenvalue weighted by Crippen LogP contribution is 2.48. The molecule has 1 fully saturated rings. The molecule has 1 saturated heterocycles. The van der Waals surface area contributed by atoms with E-state index in [0.29, 0.717) is 0 Å². The van der Waals surface area contributed by atoms with E-state index in [-0.39, 0.29) is 5.60 Å². The SMILES string of the molecule is C=C/C(=C1/CC(C)(c2ccccc2)O[Si]1(C)C)c1ccccc1. The molecule has 118 valence electrons. The first-order valence-electron chi connectivity index (χ1n) is 8.13. The summed E-state index contributed by atoms with van der Waals surface area (Å²) in [5.41, 5.74) is 3.50. The summed E-state index contributed by atoms with van der Waals surface area (Å²) in [6.07, 6.45) is 2.94. The topological polar surface area (TPSA) is 9.23 Å². The summed E-state index contributed by atoms with van der Waals surface area (Å²) in [4.78, 5) is 0. The van der Waals surface area contributed by atoms with Crippen LogP contribution in [0.25, 0.3) is 5.57 Å². The van der Waals surface area contributed by atoms with Crippen molar-refractivity contribution in [2.45, 2.75) is 32.0 Å². The van der Waals surface area contributed by atoms with Crippen LogP contribution < -0.4 is 0 Å². The smallest absolute Gasteiger partial charge is 0.216 e. The molecule has 23 heavy (non-hydrogen) atoms. The van der Waals surface area contributed by atoms with Crippen molar-refractivity contribution < 1.29 is 4.43 Å². The van der Waals surface area contributed by atoms with Gasteiger partial charge in [-0.1, -0.05) is 73.3 Å². The number of hydrogen-bond donors (Lipinski definition) is 0. The van der Waals surface area contributed by atoms with Gasteiger partial charge < -0.3 is 4.43 Å². The number of hydrogen-bond acceptors (Lipinski definition) is 1. The van der Waals surface area contributed by atoms with Crippen LogP contribution in [0.1, 0.15) is 24.5 Å². The Labute approximate surface area is 140 Å². The van der Waals surface area contributed by atoms with Crippen molar-refractivity contribution in [3.63, 3.8) is 0 Å². The number of allylic oxidation sites excluding steroid dienone is 2. The fourth-order valence-electron chi connectivity index (χ4n) is 3.62. The van der Waals surface area contributed by atoms with Crippen molar-refractivity contribution >= 4 is 13.9 Å². The Balaban J connectivity index is 2.10. The van der Waals surface area contributed by atoms with E-state index in [9.17, 15) is 0 Å². The van der Waals surface area contributed by atoms with E-state index < -0.39 is 8.32 Å². The second kappa shape index (κ2) is 5.95. The molecular formula is C21H24OSi. The Morgan fingerprint density at radius 2 is 1.61 bits per heavy atom. The molecule has 1 nitrogen and oxygen atoms in total. The Morgan fingerprint density at radius 3 is 2.17 bits per heavy atom. The maximum atomic E-state index is 6.67. The summed E-state index contributed by atoms with van der Waals surface area (Å²) in [6, 6.07) is 21.1. The van der Waals surface area contributed by atoms with Gasteiger partial charge in [0.25, 0.3) is 0 Å². The summed E-state index contributed by atoms with van der Waals surface area (Å²) in [6.45, 7) is 10.9. The Morgan fingerprint density at radius 1 is 1.04 bits per heavy atom. The number of rotatable bonds is 3. The molecule has 0 aromatic heterocycles. The van der Waals surface area contributed by atoms with Gasteiger partial charge in [-0.25, -0.2) is 0 Å². The third-order valence-electron chi connectivity index (χ3n) is 4.72. The third-order valence-corrected chi connectivity index (χ3v) is 7.58. The van der Waals surface area contributed by atoms with Crippen molar-refractivity contribution in [3.8, 4) is 0 Å². The maximum Gasteiger partial charge on any atom is 0.216 e. The molecule has 0 amide bonds. The van der Waals surface area contributed by atoms with Gasteiger partial charge in [0, 0.05) is 0 Å². The van der Waals surface area contributed by atoms with Crippen LogP contribution in [0.2, 0.25) is 13.1 Å². The minimum Gasteiger partial charge on any atom is -0.404 e. The lowest BCUT2D eigenvalue weighted by molar-refractivity contribution is 0.106. The molecule has 1 atom stereocenters. The zero-order chi connectivity index (χ0) is 16.5. The predicted octanol–water partition coefficient (Wildman–Crippen LogP) is 5.71. The van der Waals surface area contributed by atoms with Crippen molar-refractivity contribution in [3.05, 3.63) is 89.6 Å². The van der Waals surface area contributed by atoms with Crippen molar-refractivity contribution in [1.29, 1.82) is 0 Å². The predicted molar refractivity (Wildman–Crippen MR) is 101 cm³/mol. The minimum absolute atomic E-state index is 0.241. The van der Waals surface area contributed by atoms with E-state index >= 15 is 0 Å². The summed E-state index contributed by atoms with van der Waals surface area (Å²) in [5.74, 6) is 0. The quantitative estimate of drug-likeness (QED) is 0.659. The molecule has 2 aromatic carbocycles. The summed E-state index contributed by atoms with van der Waals surface area (Å²) < 4.78 is 6.67. The molecule has 0 spiro atoms. The van der Waals surface area contributed by atoms with Crippen LogP contribution in [0, 0.1) is 0 Å². The largest absolute Gasteiger partial charge is 0.404 e. The van der Waals surface area contributed by atoms with E-state index in [1.54, 1.807) is 0 Å². The molecule has 3 rings (SSSR count). The summed E-state index contributed by atoms with van der Waals surface area (Å²) in [5, 5.41) is 1.45. The lowest BCUT2D eigenvalue weighted by atomic mass is 9.90. The van der Waals surface area contributed by atoms with E-state index in [2.05, 4.69) is 87.3 Å². The van der Waals surface area contributed by atoms with Gasteiger partial charge >= 0.3 is 0 Å². The molecule has 2 heteroatoms. The van der Waals surface area contributed by atoms with Crippen molar-refractivity contribution in [1.82, 2.24) is 0 Å². The second-order valence-corrected chi connectivity index (χ2v) is 10.7. The van der Waals surface area contributed by atoms with Gasteiger partial charge in [-0.15, -0.1) is 0 Å². The molecule has 0 N–H and O–H groups in total. The molecular weight excluding hydrogens is 296 g/mol. The van der Waals surface area contributed by atoms with Gasteiger partial charge in [0.15, 0.2) is 0 Å². The Kier molecular flexibility index (Phi) is 4.13. The Bertz CT molecular complexity index is 731. The zero-order valence-corrected chi connectivity index (χ0v) is 15.2. The van der Waals surface area contributed by atoms with Gasteiger partial charge in [-0.05, 0) is 48.3 Å². The highest BCUT2D eigenvalue weighted by atomic mass is 28.4. The van der Waals surface area contributed by atoms with Crippen LogP contribution >= 0.6 is 0 Å². The first kappa shape index (κ1) is 16.0. The van der Waals surface area contributed by atoms with Gasteiger partial charge in [0.2, 0.25) is 8.32 Å². The monoisotopic (exact) mass is 320 g/mol. The van der Waals surface area contributed by atoms with E-state index in [1.807, 2.05) is 6.08 Å². The molecule has 0 bridgehead atoms. The lowest BCUT2D eigenvalue weighted by Gasteiger charge is -2.27. The molecule has 0 aliphatic carbocycles. The molecule has 2 aromatic rings. The Hall–Kier alpha value is -1.90. The van der Waals surface area contributed by atoms with Crippen molar-refractivity contribution in [2.75, 3.05) is 0 Å². The van der Waals surface area contributed by atoms with Gasteiger partial charge in [0.05, 0.1) is 5.60 Å². The molecule has 0 saturated carbocycles. The first-order chi connectivity index (χ1) is 11.0. The van der Waals surface area contributed by atoms with Gasteiger partial charge in [-0.2, -0.15) is 0 Å². The fourth-order valence-corrected chi connectivity index (χ4v) is 6.71. The first-order valence-corrected chi connectivity index (χ1v) is 11.0. The van der Waals surface area contributed by atoms with Crippen LogP contribution in [-0.2, 0) is 10.0 Å². The van der Waals surface area contributed by atoms with Crippen LogP contribution in [-0.4, -0.2) is 8.32 Å². The van der Waals surface area contributed by atoms with E-state index in [1.165, 1.54) is 21.9 Å². The van der Waals surface area contributed by atoms with Gasteiger partial charge in [-0.3, -0.25) is 0 Å². The molecule has 1 unspecified atom stereocenters. The molecule has 1 aliphatic rings. The van der Waals surface area contributed by atoms with Crippen LogP contribution in [0.3, 0.4) is 0 Å². The molecule has 1 heterocycles. The minimum atomic E-state index is -1.95. The highest BCUT2D eigenvalue weighted by Gasteiger charge is 2.48. The second-order valence-electron chi connectivity index (χ2n) is 6.85. The molecule has 1 aliphatic heterocycles. The maximum absolute atomic E-state index is 6.67. The van der Waals surface area contributed by atoms with E-state index in [0.717, 1.165) is 6.42 Å². The average Bonchev–Trinajstić information content (AvgIpc) is 2.81. The third kappa shape index (κ3) is 2.97. The summed E-state index contributed by atoms with van der Waals surface area (Å²) >= 11 is 0. The van der Waals surface area contributed by atoms with Gasteiger partial charge in [0.1, 0.15) is 0 Å². The molecule has 0 radical (unpaired) electrons. The van der Waals surface area contributed by atoms with Crippen LogP contribution in [0.4, 0.5) is 0 Å². The zero-order valence-electron chi connectivity index (χ0n) is 14.2. The van der Waals surface area contributed by atoms with Crippen molar-refractivity contribution in [2.24, 2.45) is 0 Å². The normalized spacial score (nSPS) is 25.2. The van der Waals surface area contributed by atoms with E-state index in [4.69, 9.17) is 4.43 Å².